The molecule has 0 saturated heterocycles. The van der Waals surface area contributed by atoms with Crippen LogP contribution in [0.2, 0.25) is 0 Å². The number of unbranched alkanes of at least 4 members (excludes halogenated alkanes) is 1. The summed E-state index contributed by atoms with van der Waals surface area (Å²) in [5.74, 6) is -2.53. The number of carbonyl (C=O) groups is 2. The van der Waals surface area contributed by atoms with Gasteiger partial charge in [-0.25, -0.2) is 19.0 Å². The minimum absolute atomic E-state index is 0.216. The van der Waals surface area contributed by atoms with Gasteiger partial charge >= 0.3 is 6.03 Å². The first kappa shape index (κ1) is 14.9. The molecule has 1 rings (SSSR count). The van der Waals surface area contributed by atoms with E-state index in [1.165, 1.54) is 0 Å². The normalized spacial score (nSPS) is 9.84. The van der Waals surface area contributed by atoms with E-state index in [9.17, 15) is 18.4 Å². The molecule has 0 bridgehead atoms. The van der Waals surface area contributed by atoms with Crippen molar-refractivity contribution in [2.75, 3.05) is 6.54 Å². The number of rotatable bonds is 4. The third-order valence-corrected chi connectivity index (χ3v) is 2.23. The van der Waals surface area contributed by atoms with Gasteiger partial charge in [-0.1, -0.05) is 13.3 Å². The number of halogens is 2. The first-order chi connectivity index (χ1) is 9.02. The molecule has 104 valence electrons. The van der Waals surface area contributed by atoms with E-state index in [0.717, 1.165) is 25.0 Å². The van der Waals surface area contributed by atoms with Crippen molar-refractivity contribution in [1.82, 2.24) is 16.2 Å². The SMILES string of the molecule is CCCCNC(=O)NNC(=O)c1cc(F)cc(F)c1. The molecule has 19 heavy (non-hydrogen) atoms. The molecule has 5 nitrogen and oxygen atoms in total. The van der Waals surface area contributed by atoms with E-state index in [1.807, 2.05) is 12.3 Å². The Kier molecular flexibility index (Phi) is 5.72. The van der Waals surface area contributed by atoms with Gasteiger partial charge in [0.1, 0.15) is 11.6 Å². The van der Waals surface area contributed by atoms with Crippen LogP contribution in [0.4, 0.5) is 13.6 Å². The van der Waals surface area contributed by atoms with Gasteiger partial charge < -0.3 is 5.32 Å². The monoisotopic (exact) mass is 271 g/mol. The van der Waals surface area contributed by atoms with Gasteiger partial charge in [0.05, 0.1) is 0 Å². The Morgan fingerprint density at radius 3 is 2.32 bits per heavy atom. The van der Waals surface area contributed by atoms with E-state index in [2.05, 4.69) is 10.7 Å². The molecule has 0 radical (unpaired) electrons. The van der Waals surface area contributed by atoms with Crippen LogP contribution in [-0.2, 0) is 0 Å². The number of benzene rings is 1. The Hall–Kier alpha value is -2.18. The number of hydrogen-bond acceptors (Lipinski definition) is 2. The number of amides is 3. The van der Waals surface area contributed by atoms with Crippen molar-refractivity contribution in [3.63, 3.8) is 0 Å². The van der Waals surface area contributed by atoms with Gasteiger partial charge in [-0.15, -0.1) is 0 Å². The highest BCUT2D eigenvalue weighted by Gasteiger charge is 2.09. The Morgan fingerprint density at radius 1 is 1.11 bits per heavy atom. The van der Waals surface area contributed by atoms with Crippen molar-refractivity contribution in [2.45, 2.75) is 19.8 Å². The third-order valence-electron chi connectivity index (χ3n) is 2.23. The van der Waals surface area contributed by atoms with E-state index < -0.39 is 23.6 Å². The molecule has 0 saturated carbocycles. The van der Waals surface area contributed by atoms with Gasteiger partial charge in [-0.05, 0) is 18.6 Å². The van der Waals surface area contributed by atoms with Crippen LogP contribution in [0.1, 0.15) is 30.1 Å². The topological polar surface area (TPSA) is 70.2 Å². The molecular weight excluding hydrogens is 256 g/mol. The molecule has 3 N–H and O–H groups in total. The fourth-order valence-corrected chi connectivity index (χ4v) is 1.29. The Labute approximate surface area is 109 Å². The summed E-state index contributed by atoms with van der Waals surface area (Å²) >= 11 is 0. The molecular formula is C12H15F2N3O2. The van der Waals surface area contributed by atoms with Gasteiger partial charge in [-0.2, -0.15) is 0 Å². The van der Waals surface area contributed by atoms with Gasteiger partial charge in [0.25, 0.3) is 5.91 Å². The van der Waals surface area contributed by atoms with Crippen molar-refractivity contribution in [1.29, 1.82) is 0 Å². The Bertz CT molecular complexity index is 446. The lowest BCUT2D eigenvalue weighted by atomic mass is 10.2. The van der Waals surface area contributed by atoms with Crippen LogP contribution in [0.15, 0.2) is 18.2 Å². The summed E-state index contributed by atoms with van der Waals surface area (Å²) in [5.41, 5.74) is 3.91. The maximum absolute atomic E-state index is 12.9. The average Bonchev–Trinajstić information content (AvgIpc) is 2.35. The molecule has 1 aromatic carbocycles. The minimum Gasteiger partial charge on any atom is -0.337 e. The minimum atomic E-state index is -0.863. The van der Waals surface area contributed by atoms with Crippen LogP contribution in [-0.4, -0.2) is 18.5 Å². The summed E-state index contributed by atoms with van der Waals surface area (Å²) in [4.78, 5) is 22.7. The number of nitrogens with one attached hydrogen (secondary N) is 3. The van der Waals surface area contributed by atoms with Crippen LogP contribution < -0.4 is 16.2 Å². The van der Waals surface area contributed by atoms with Gasteiger partial charge in [0.15, 0.2) is 0 Å². The molecule has 0 aliphatic carbocycles. The summed E-state index contributed by atoms with van der Waals surface area (Å²) in [5, 5.41) is 2.50. The van der Waals surface area contributed by atoms with E-state index in [1.54, 1.807) is 0 Å². The van der Waals surface area contributed by atoms with Crippen molar-refractivity contribution >= 4 is 11.9 Å². The van der Waals surface area contributed by atoms with Crippen LogP contribution in [0, 0.1) is 11.6 Å². The van der Waals surface area contributed by atoms with Crippen molar-refractivity contribution < 1.29 is 18.4 Å². The first-order valence-corrected chi connectivity index (χ1v) is 5.83. The van der Waals surface area contributed by atoms with Crippen molar-refractivity contribution in [3.8, 4) is 0 Å². The summed E-state index contributed by atoms with van der Waals surface area (Å²) in [7, 11) is 0. The smallest absolute Gasteiger partial charge is 0.333 e. The maximum atomic E-state index is 12.9. The number of urea groups is 1. The van der Waals surface area contributed by atoms with Gasteiger partial charge in [0, 0.05) is 18.2 Å². The molecule has 0 atom stereocenters. The summed E-state index contributed by atoms with van der Waals surface area (Å²) in [6.07, 6.45) is 1.74. The van der Waals surface area contributed by atoms with Crippen LogP contribution in [0.25, 0.3) is 0 Å². The Balaban J connectivity index is 2.44. The molecule has 0 heterocycles. The third kappa shape index (κ3) is 5.33. The predicted molar refractivity (Wildman–Crippen MR) is 65.3 cm³/mol. The molecule has 0 aliphatic rings. The van der Waals surface area contributed by atoms with Crippen LogP contribution in [0.5, 0.6) is 0 Å². The molecule has 0 aliphatic heterocycles. The lowest BCUT2D eigenvalue weighted by molar-refractivity contribution is 0.0935. The second kappa shape index (κ2) is 7.30. The highest BCUT2D eigenvalue weighted by atomic mass is 19.1. The molecule has 0 fully saturated rings. The second-order valence-electron chi connectivity index (χ2n) is 3.85. The first-order valence-electron chi connectivity index (χ1n) is 5.83. The summed E-state index contributed by atoms with van der Waals surface area (Å²) in [6, 6.07) is 1.81. The van der Waals surface area contributed by atoms with Crippen LogP contribution >= 0.6 is 0 Å². The highest BCUT2D eigenvalue weighted by molar-refractivity contribution is 5.95. The molecule has 3 amide bonds. The zero-order valence-electron chi connectivity index (χ0n) is 10.4. The number of hydrogen-bond donors (Lipinski definition) is 3. The number of carbonyl (C=O) groups excluding carboxylic acids is 2. The second-order valence-corrected chi connectivity index (χ2v) is 3.85. The van der Waals surface area contributed by atoms with E-state index in [0.29, 0.717) is 12.6 Å². The van der Waals surface area contributed by atoms with E-state index in [4.69, 9.17) is 0 Å². The quantitative estimate of drug-likeness (QED) is 0.576. The van der Waals surface area contributed by atoms with Gasteiger partial charge in [0.2, 0.25) is 0 Å². The maximum Gasteiger partial charge on any atom is 0.333 e. The predicted octanol–water partition coefficient (Wildman–Crippen LogP) is 1.71. The summed E-state index contributed by atoms with van der Waals surface area (Å²) < 4.78 is 25.7. The molecule has 1 aromatic rings. The largest absolute Gasteiger partial charge is 0.337 e. The molecule has 7 heteroatoms. The number of hydrazine groups is 1. The van der Waals surface area contributed by atoms with Crippen molar-refractivity contribution in [2.24, 2.45) is 0 Å². The fraction of sp³-hybridized carbons (Fsp3) is 0.333. The highest BCUT2D eigenvalue weighted by Crippen LogP contribution is 2.07. The zero-order valence-corrected chi connectivity index (χ0v) is 10.4. The van der Waals surface area contributed by atoms with E-state index >= 15 is 0 Å². The van der Waals surface area contributed by atoms with E-state index in [-0.39, 0.29) is 5.56 Å². The Morgan fingerprint density at radius 2 is 1.74 bits per heavy atom. The fourth-order valence-electron chi connectivity index (χ4n) is 1.29. The van der Waals surface area contributed by atoms with Crippen LogP contribution in [0.3, 0.4) is 0 Å². The van der Waals surface area contributed by atoms with Crippen molar-refractivity contribution in [3.05, 3.63) is 35.4 Å². The molecule has 0 spiro atoms. The standard InChI is InChI=1S/C12H15F2N3O2/c1-2-3-4-15-12(19)17-16-11(18)8-5-9(13)7-10(14)6-8/h5-7H,2-4H2,1H3,(H,16,18)(H2,15,17,19). The lowest BCUT2D eigenvalue weighted by Gasteiger charge is -2.08. The molecule has 0 aromatic heterocycles. The lowest BCUT2D eigenvalue weighted by Crippen LogP contribution is -2.47. The summed E-state index contributed by atoms with van der Waals surface area (Å²) in [6.45, 7) is 2.45. The van der Waals surface area contributed by atoms with Gasteiger partial charge in [-0.3, -0.25) is 10.2 Å². The zero-order chi connectivity index (χ0) is 14.3. The molecule has 0 unspecified atom stereocenters. The average molecular weight is 271 g/mol.